The van der Waals surface area contributed by atoms with E-state index >= 15 is 0 Å². The third-order valence-electron chi connectivity index (χ3n) is 1.43. The number of hydrogen-bond donors (Lipinski definition) is 2. The molecule has 15 heavy (non-hydrogen) atoms. The van der Waals surface area contributed by atoms with Crippen LogP contribution in [0.2, 0.25) is 0 Å². The second-order valence-corrected chi connectivity index (χ2v) is 5.14. The van der Waals surface area contributed by atoms with Gasteiger partial charge in [-0.05, 0) is 13.8 Å². The van der Waals surface area contributed by atoms with Crippen molar-refractivity contribution in [3.05, 3.63) is 18.2 Å². The van der Waals surface area contributed by atoms with E-state index in [9.17, 15) is 8.42 Å². The highest BCUT2D eigenvalue weighted by Crippen LogP contribution is 2.04. The Morgan fingerprint density at radius 2 is 1.93 bits per heavy atom. The standard InChI is InChI=1S/C8H13N3O3S/c1-6(2)11-15(13,14)5-8-9-3-7(12)4-10-8/h3-4,6,11-12H,5H2,1-2H3. The average Bonchev–Trinajstić information content (AvgIpc) is 2.06. The van der Waals surface area contributed by atoms with Gasteiger partial charge in [0.25, 0.3) is 0 Å². The molecule has 0 radical (unpaired) electrons. The van der Waals surface area contributed by atoms with Crippen LogP contribution in [0.25, 0.3) is 0 Å². The summed E-state index contributed by atoms with van der Waals surface area (Å²) in [4.78, 5) is 7.38. The number of nitrogens with one attached hydrogen (secondary N) is 1. The van der Waals surface area contributed by atoms with Gasteiger partial charge in [0.15, 0.2) is 5.75 Å². The summed E-state index contributed by atoms with van der Waals surface area (Å²) in [5, 5.41) is 8.91. The zero-order valence-electron chi connectivity index (χ0n) is 8.51. The molecule has 0 aliphatic rings. The summed E-state index contributed by atoms with van der Waals surface area (Å²) >= 11 is 0. The van der Waals surface area contributed by atoms with Gasteiger partial charge in [0.2, 0.25) is 10.0 Å². The molecule has 2 N–H and O–H groups in total. The van der Waals surface area contributed by atoms with Gasteiger partial charge in [-0.25, -0.2) is 23.1 Å². The van der Waals surface area contributed by atoms with Gasteiger partial charge in [0.05, 0.1) is 12.4 Å². The highest BCUT2D eigenvalue weighted by atomic mass is 32.2. The number of hydrogen-bond acceptors (Lipinski definition) is 5. The van der Waals surface area contributed by atoms with Crippen molar-refractivity contribution in [1.29, 1.82) is 0 Å². The Balaban J connectivity index is 2.73. The molecule has 0 saturated heterocycles. The van der Waals surface area contributed by atoms with Crippen molar-refractivity contribution in [2.24, 2.45) is 0 Å². The molecule has 0 bridgehead atoms. The first kappa shape index (κ1) is 11.9. The lowest BCUT2D eigenvalue weighted by molar-refractivity contribution is 0.468. The molecular weight excluding hydrogens is 218 g/mol. The molecule has 1 aromatic heterocycles. The highest BCUT2D eigenvalue weighted by Gasteiger charge is 2.14. The number of aromatic hydroxyl groups is 1. The van der Waals surface area contributed by atoms with Crippen molar-refractivity contribution in [3.63, 3.8) is 0 Å². The van der Waals surface area contributed by atoms with Gasteiger partial charge >= 0.3 is 0 Å². The van der Waals surface area contributed by atoms with E-state index in [2.05, 4.69) is 14.7 Å². The molecule has 0 saturated carbocycles. The summed E-state index contributed by atoms with van der Waals surface area (Å²) in [5.74, 6) is -0.222. The number of aromatic nitrogens is 2. The molecule has 0 atom stereocenters. The van der Waals surface area contributed by atoms with Crippen molar-refractivity contribution in [3.8, 4) is 5.75 Å². The minimum atomic E-state index is -3.40. The Kier molecular flexibility index (Phi) is 3.59. The fraction of sp³-hybridized carbons (Fsp3) is 0.500. The van der Waals surface area contributed by atoms with Crippen molar-refractivity contribution in [1.82, 2.24) is 14.7 Å². The Labute approximate surface area is 88.4 Å². The van der Waals surface area contributed by atoms with E-state index in [1.165, 1.54) is 0 Å². The Morgan fingerprint density at radius 1 is 1.40 bits per heavy atom. The van der Waals surface area contributed by atoms with Crippen LogP contribution in [0.15, 0.2) is 12.4 Å². The van der Waals surface area contributed by atoms with Gasteiger partial charge in [-0.15, -0.1) is 0 Å². The van der Waals surface area contributed by atoms with E-state index in [0.29, 0.717) is 0 Å². The maximum atomic E-state index is 11.4. The Bertz CT molecular complexity index is 413. The fourth-order valence-corrected chi connectivity index (χ4v) is 2.28. The van der Waals surface area contributed by atoms with E-state index in [4.69, 9.17) is 5.11 Å². The summed E-state index contributed by atoms with van der Waals surface area (Å²) in [6.45, 7) is 3.46. The van der Waals surface area contributed by atoms with Crippen molar-refractivity contribution in [2.75, 3.05) is 0 Å². The zero-order chi connectivity index (χ0) is 11.5. The van der Waals surface area contributed by atoms with Gasteiger partial charge in [0.1, 0.15) is 11.6 Å². The maximum absolute atomic E-state index is 11.4. The summed E-state index contributed by atoms with van der Waals surface area (Å²) in [6.07, 6.45) is 2.32. The normalized spacial score (nSPS) is 11.9. The van der Waals surface area contributed by atoms with Gasteiger partial charge in [0, 0.05) is 6.04 Å². The minimum Gasteiger partial charge on any atom is -0.505 e. The fourth-order valence-electron chi connectivity index (χ4n) is 0.993. The van der Waals surface area contributed by atoms with Crippen LogP contribution in [-0.4, -0.2) is 29.5 Å². The molecule has 84 valence electrons. The van der Waals surface area contributed by atoms with Crippen molar-refractivity contribution in [2.45, 2.75) is 25.6 Å². The van der Waals surface area contributed by atoms with Gasteiger partial charge in [-0.3, -0.25) is 0 Å². The Morgan fingerprint density at radius 3 is 2.40 bits per heavy atom. The molecule has 1 aromatic rings. The Hall–Kier alpha value is -1.21. The van der Waals surface area contributed by atoms with E-state index in [1.807, 2.05) is 0 Å². The smallest absolute Gasteiger partial charge is 0.219 e. The number of sulfonamides is 1. The third-order valence-corrected chi connectivity index (χ3v) is 2.89. The topological polar surface area (TPSA) is 92.2 Å². The van der Waals surface area contributed by atoms with Gasteiger partial charge in [-0.1, -0.05) is 0 Å². The van der Waals surface area contributed by atoms with Crippen LogP contribution in [0.3, 0.4) is 0 Å². The molecule has 0 aliphatic heterocycles. The number of rotatable bonds is 4. The summed E-state index contributed by atoms with van der Waals surface area (Å²) in [5.41, 5.74) is 0. The maximum Gasteiger partial charge on any atom is 0.219 e. The first-order chi connectivity index (χ1) is 6.89. The molecule has 1 rings (SSSR count). The third kappa shape index (κ3) is 4.22. The van der Waals surface area contributed by atoms with Crippen molar-refractivity contribution < 1.29 is 13.5 Å². The zero-order valence-corrected chi connectivity index (χ0v) is 9.32. The predicted molar refractivity (Wildman–Crippen MR) is 54.6 cm³/mol. The first-order valence-corrected chi connectivity index (χ1v) is 6.04. The lowest BCUT2D eigenvalue weighted by Gasteiger charge is -2.08. The van der Waals surface area contributed by atoms with E-state index in [-0.39, 0.29) is 23.4 Å². The van der Waals surface area contributed by atoms with Crippen LogP contribution in [0.1, 0.15) is 19.7 Å². The van der Waals surface area contributed by atoms with Crippen LogP contribution in [-0.2, 0) is 15.8 Å². The molecule has 0 fully saturated rings. The monoisotopic (exact) mass is 231 g/mol. The average molecular weight is 231 g/mol. The van der Waals surface area contributed by atoms with Crippen LogP contribution in [0, 0.1) is 0 Å². The molecule has 0 spiro atoms. The molecule has 0 aromatic carbocycles. The summed E-state index contributed by atoms with van der Waals surface area (Å²) < 4.78 is 25.3. The van der Waals surface area contributed by atoms with Crippen LogP contribution < -0.4 is 4.72 Å². The first-order valence-electron chi connectivity index (χ1n) is 4.39. The van der Waals surface area contributed by atoms with Crippen LogP contribution >= 0.6 is 0 Å². The molecule has 0 unspecified atom stereocenters. The summed E-state index contributed by atoms with van der Waals surface area (Å²) in [7, 11) is -3.40. The molecule has 1 heterocycles. The SMILES string of the molecule is CC(C)NS(=O)(=O)Cc1ncc(O)cn1. The van der Waals surface area contributed by atoms with Crippen molar-refractivity contribution >= 4 is 10.0 Å². The lowest BCUT2D eigenvalue weighted by Crippen LogP contribution is -2.31. The molecule has 6 nitrogen and oxygen atoms in total. The van der Waals surface area contributed by atoms with Gasteiger partial charge in [-0.2, -0.15) is 0 Å². The van der Waals surface area contributed by atoms with Crippen LogP contribution in [0.4, 0.5) is 0 Å². The van der Waals surface area contributed by atoms with E-state index in [1.54, 1.807) is 13.8 Å². The predicted octanol–water partition coefficient (Wildman–Crippen LogP) is 0.01000. The molecular formula is C8H13N3O3S. The molecule has 7 heteroatoms. The number of nitrogens with zero attached hydrogens (tertiary/aromatic N) is 2. The van der Waals surface area contributed by atoms with E-state index in [0.717, 1.165) is 12.4 Å². The van der Waals surface area contributed by atoms with E-state index < -0.39 is 10.0 Å². The minimum absolute atomic E-state index is 0.0898. The molecule has 0 aliphatic carbocycles. The molecule has 0 amide bonds. The summed E-state index contributed by atoms with van der Waals surface area (Å²) in [6, 6.07) is -0.160. The lowest BCUT2D eigenvalue weighted by atomic mass is 10.4. The quantitative estimate of drug-likeness (QED) is 0.761. The van der Waals surface area contributed by atoms with Crippen LogP contribution in [0.5, 0.6) is 5.75 Å². The largest absolute Gasteiger partial charge is 0.505 e. The second-order valence-electron chi connectivity index (χ2n) is 3.39. The van der Waals surface area contributed by atoms with Gasteiger partial charge < -0.3 is 5.11 Å². The second kappa shape index (κ2) is 4.54. The highest BCUT2D eigenvalue weighted by molar-refractivity contribution is 7.88.